The molecule has 29 heavy (non-hydrogen) atoms. The summed E-state index contributed by atoms with van der Waals surface area (Å²) in [5.41, 5.74) is 2.41. The first-order chi connectivity index (χ1) is 14.2. The van der Waals surface area contributed by atoms with Crippen molar-refractivity contribution in [3.63, 3.8) is 0 Å². The third-order valence-electron chi connectivity index (χ3n) is 4.65. The molecule has 0 spiro atoms. The fraction of sp³-hybridized carbons (Fsp3) is 0.227. The van der Waals surface area contributed by atoms with Gasteiger partial charge in [0.15, 0.2) is 0 Å². The Morgan fingerprint density at radius 3 is 2.69 bits per heavy atom. The number of benzene rings is 2. The quantitative estimate of drug-likeness (QED) is 0.726. The summed E-state index contributed by atoms with van der Waals surface area (Å²) in [7, 11) is 0. The lowest BCUT2D eigenvalue weighted by Gasteiger charge is -2.33. The van der Waals surface area contributed by atoms with E-state index in [9.17, 15) is 4.79 Å². The van der Waals surface area contributed by atoms with Crippen molar-refractivity contribution in [2.45, 2.75) is 13.0 Å². The standard InChI is InChI=1S/C22H22N4O3/c1-16-15-28-14-13-26(16)21-23-12-11-20(25-21)17-7-9-18(10-8-17)24-22(27)29-19-5-3-2-4-6-19/h2-12,16H,13-15H2,1H3,(H,24,27). The second-order valence-electron chi connectivity index (χ2n) is 6.76. The van der Waals surface area contributed by atoms with E-state index in [1.54, 1.807) is 18.3 Å². The molecule has 4 rings (SSSR count). The van der Waals surface area contributed by atoms with Crippen LogP contribution in [0.1, 0.15) is 6.92 Å². The summed E-state index contributed by atoms with van der Waals surface area (Å²) in [4.78, 5) is 23.3. The summed E-state index contributed by atoms with van der Waals surface area (Å²) in [6.07, 6.45) is 1.23. The van der Waals surface area contributed by atoms with Gasteiger partial charge in [-0.3, -0.25) is 5.32 Å². The molecule has 0 saturated carbocycles. The zero-order valence-corrected chi connectivity index (χ0v) is 16.1. The molecule has 2 aromatic carbocycles. The zero-order chi connectivity index (χ0) is 20.1. The molecule has 7 heteroatoms. The minimum Gasteiger partial charge on any atom is -0.410 e. The Morgan fingerprint density at radius 1 is 1.14 bits per heavy atom. The van der Waals surface area contributed by atoms with Gasteiger partial charge in [0, 0.05) is 24.0 Å². The molecule has 1 atom stereocenters. The highest BCUT2D eigenvalue weighted by Crippen LogP contribution is 2.23. The zero-order valence-electron chi connectivity index (χ0n) is 16.1. The van der Waals surface area contributed by atoms with Crippen molar-refractivity contribution < 1.29 is 14.3 Å². The lowest BCUT2D eigenvalue weighted by atomic mass is 10.1. The SMILES string of the molecule is CC1COCCN1c1nccc(-c2ccc(NC(=O)Oc3ccccc3)cc2)n1. The monoisotopic (exact) mass is 390 g/mol. The van der Waals surface area contributed by atoms with Crippen LogP contribution in [0.2, 0.25) is 0 Å². The van der Waals surface area contributed by atoms with E-state index < -0.39 is 6.09 Å². The molecule has 2 heterocycles. The molecule has 1 fully saturated rings. The van der Waals surface area contributed by atoms with Crippen molar-refractivity contribution >= 4 is 17.7 Å². The summed E-state index contributed by atoms with van der Waals surface area (Å²) >= 11 is 0. The van der Waals surface area contributed by atoms with Crippen molar-refractivity contribution in [2.75, 3.05) is 30.0 Å². The number of morpholine rings is 1. The number of anilines is 2. The van der Waals surface area contributed by atoms with Crippen molar-refractivity contribution in [1.29, 1.82) is 0 Å². The number of carbonyl (C=O) groups is 1. The van der Waals surface area contributed by atoms with Gasteiger partial charge in [-0.1, -0.05) is 30.3 Å². The van der Waals surface area contributed by atoms with Gasteiger partial charge in [-0.2, -0.15) is 0 Å². The number of ether oxygens (including phenoxy) is 2. The molecule has 0 bridgehead atoms. The fourth-order valence-corrected chi connectivity index (χ4v) is 3.14. The predicted octanol–water partition coefficient (Wildman–Crippen LogP) is 3.98. The molecule has 1 unspecified atom stereocenters. The lowest BCUT2D eigenvalue weighted by molar-refractivity contribution is 0.0981. The maximum atomic E-state index is 12.0. The van der Waals surface area contributed by atoms with Gasteiger partial charge in [0.25, 0.3) is 0 Å². The van der Waals surface area contributed by atoms with Crippen LogP contribution in [0.3, 0.4) is 0 Å². The van der Waals surface area contributed by atoms with Crippen LogP contribution < -0.4 is 15.0 Å². The average Bonchev–Trinajstić information content (AvgIpc) is 2.75. The summed E-state index contributed by atoms with van der Waals surface area (Å²) in [6, 6.07) is 18.5. The molecule has 1 amide bonds. The molecule has 1 aliphatic rings. The van der Waals surface area contributed by atoms with E-state index in [0.29, 0.717) is 30.6 Å². The number of hydrogen-bond acceptors (Lipinski definition) is 6. The minimum absolute atomic E-state index is 0.237. The van der Waals surface area contributed by atoms with Gasteiger partial charge in [0.1, 0.15) is 5.75 Å². The van der Waals surface area contributed by atoms with Gasteiger partial charge in [0.2, 0.25) is 5.95 Å². The first-order valence-electron chi connectivity index (χ1n) is 9.51. The summed E-state index contributed by atoms with van der Waals surface area (Å²) in [6.45, 7) is 4.23. The van der Waals surface area contributed by atoms with Crippen molar-refractivity contribution in [1.82, 2.24) is 9.97 Å². The third-order valence-corrected chi connectivity index (χ3v) is 4.65. The second kappa shape index (κ2) is 8.70. The number of aromatic nitrogens is 2. The van der Waals surface area contributed by atoms with E-state index in [2.05, 4.69) is 22.1 Å². The molecular formula is C22H22N4O3. The van der Waals surface area contributed by atoms with Gasteiger partial charge in [0.05, 0.1) is 24.9 Å². The van der Waals surface area contributed by atoms with Crippen LogP contribution in [0.4, 0.5) is 16.4 Å². The van der Waals surface area contributed by atoms with Gasteiger partial charge in [-0.05, 0) is 37.3 Å². The lowest BCUT2D eigenvalue weighted by Crippen LogP contribution is -2.44. The summed E-state index contributed by atoms with van der Waals surface area (Å²) < 4.78 is 10.7. The smallest absolute Gasteiger partial charge is 0.410 e. The third kappa shape index (κ3) is 4.70. The number of rotatable bonds is 4. The van der Waals surface area contributed by atoms with Crippen LogP contribution in [0.5, 0.6) is 5.75 Å². The molecule has 1 aliphatic heterocycles. The Hall–Kier alpha value is -3.45. The highest BCUT2D eigenvalue weighted by atomic mass is 16.6. The molecule has 1 N–H and O–H groups in total. The highest BCUT2D eigenvalue weighted by molar-refractivity contribution is 5.86. The van der Waals surface area contributed by atoms with E-state index in [4.69, 9.17) is 14.5 Å². The first-order valence-corrected chi connectivity index (χ1v) is 9.51. The normalized spacial score (nSPS) is 16.3. The summed E-state index contributed by atoms with van der Waals surface area (Å²) in [5.74, 6) is 1.19. The van der Waals surface area contributed by atoms with Crippen LogP contribution in [0, 0.1) is 0 Å². The first kappa shape index (κ1) is 18.9. The van der Waals surface area contributed by atoms with Crippen molar-refractivity contribution in [3.8, 4) is 17.0 Å². The van der Waals surface area contributed by atoms with Crippen LogP contribution in [-0.4, -0.2) is 41.9 Å². The van der Waals surface area contributed by atoms with Crippen molar-refractivity contribution in [2.24, 2.45) is 0 Å². The Kier molecular flexibility index (Phi) is 5.67. The van der Waals surface area contributed by atoms with E-state index in [1.165, 1.54) is 0 Å². The Labute approximate surface area is 169 Å². The van der Waals surface area contributed by atoms with Crippen LogP contribution in [0.15, 0.2) is 66.9 Å². The minimum atomic E-state index is -0.533. The molecule has 0 aliphatic carbocycles. The Bertz CT molecular complexity index is 963. The number of amides is 1. The largest absolute Gasteiger partial charge is 0.417 e. The van der Waals surface area contributed by atoms with E-state index in [0.717, 1.165) is 17.8 Å². The average molecular weight is 390 g/mol. The Balaban J connectivity index is 1.44. The van der Waals surface area contributed by atoms with Gasteiger partial charge in [-0.15, -0.1) is 0 Å². The maximum Gasteiger partial charge on any atom is 0.417 e. The van der Waals surface area contributed by atoms with Crippen LogP contribution >= 0.6 is 0 Å². The molecule has 1 aromatic heterocycles. The van der Waals surface area contributed by atoms with E-state index >= 15 is 0 Å². The number of hydrogen-bond donors (Lipinski definition) is 1. The van der Waals surface area contributed by atoms with Gasteiger partial charge >= 0.3 is 6.09 Å². The number of nitrogens with one attached hydrogen (secondary N) is 1. The van der Waals surface area contributed by atoms with Crippen LogP contribution in [0.25, 0.3) is 11.3 Å². The number of nitrogens with zero attached hydrogens (tertiary/aromatic N) is 3. The van der Waals surface area contributed by atoms with E-state index in [-0.39, 0.29) is 6.04 Å². The molecule has 1 saturated heterocycles. The molecule has 0 radical (unpaired) electrons. The van der Waals surface area contributed by atoms with E-state index in [1.807, 2.05) is 48.5 Å². The molecule has 3 aromatic rings. The predicted molar refractivity (Wildman–Crippen MR) is 111 cm³/mol. The van der Waals surface area contributed by atoms with Gasteiger partial charge < -0.3 is 14.4 Å². The summed E-state index contributed by atoms with van der Waals surface area (Å²) in [5, 5.41) is 2.72. The second-order valence-corrected chi connectivity index (χ2v) is 6.76. The molecule has 7 nitrogen and oxygen atoms in total. The van der Waals surface area contributed by atoms with Crippen LogP contribution in [-0.2, 0) is 4.74 Å². The fourth-order valence-electron chi connectivity index (χ4n) is 3.14. The van der Waals surface area contributed by atoms with Gasteiger partial charge in [-0.25, -0.2) is 14.8 Å². The highest BCUT2D eigenvalue weighted by Gasteiger charge is 2.21. The maximum absolute atomic E-state index is 12.0. The Morgan fingerprint density at radius 2 is 1.93 bits per heavy atom. The molecular weight excluding hydrogens is 368 g/mol. The number of carbonyl (C=O) groups excluding carboxylic acids is 1. The van der Waals surface area contributed by atoms with Crippen molar-refractivity contribution in [3.05, 3.63) is 66.9 Å². The number of para-hydroxylation sites is 1. The topological polar surface area (TPSA) is 76.6 Å². The molecule has 148 valence electrons.